The van der Waals surface area contributed by atoms with Crippen molar-refractivity contribution in [2.75, 3.05) is 13.2 Å². The molecule has 0 spiro atoms. The lowest BCUT2D eigenvalue weighted by Gasteiger charge is -2.13. The van der Waals surface area contributed by atoms with E-state index in [0.717, 1.165) is 34.3 Å². The SMILES string of the molecule is C#CCOc1ccc2cc(OC[C@H](O)CCc3cccnc3)ccc2c1. The van der Waals surface area contributed by atoms with Gasteiger partial charge in [-0.2, -0.15) is 0 Å². The van der Waals surface area contributed by atoms with Gasteiger partial charge in [-0.25, -0.2) is 0 Å². The van der Waals surface area contributed by atoms with Crippen molar-refractivity contribution in [2.24, 2.45) is 0 Å². The van der Waals surface area contributed by atoms with Crippen molar-refractivity contribution in [3.8, 4) is 23.8 Å². The van der Waals surface area contributed by atoms with Gasteiger partial charge in [0.25, 0.3) is 0 Å². The third-order valence-corrected chi connectivity index (χ3v) is 4.04. The highest BCUT2D eigenvalue weighted by atomic mass is 16.5. The lowest BCUT2D eigenvalue weighted by molar-refractivity contribution is 0.100. The van der Waals surface area contributed by atoms with Gasteiger partial charge in [0.05, 0.1) is 6.10 Å². The second-order valence-electron chi connectivity index (χ2n) is 6.03. The highest BCUT2D eigenvalue weighted by Crippen LogP contribution is 2.25. The van der Waals surface area contributed by atoms with Gasteiger partial charge in [-0.05, 0) is 59.5 Å². The summed E-state index contributed by atoms with van der Waals surface area (Å²) < 4.78 is 11.2. The first-order chi connectivity index (χ1) is 12.7. The van der Waals surface area contributed by atoms with Crippen LogP contribution in [-0.2, 0) is 6.42 Å². The maximum atomic E-state index is 10.1. The van der Waals surface area contributed by atoms with E-state index < -0.39 is 6.10 Å². The van der Waals surface area contributed by atoms with Crippen molar-refractivity contribution in [2.45, 2.75) is 18.9 Å². The number of aliphatic hydroxyl groups excluding tert-OH is 1. The van der Waals surface area contributed by atoms with E-state index in [1.807, 2.05) is 54.7 Å². The number of aliphatic hydroxyl groups is 1. The van der Waals surface area contributed by atoms with Crippen molar-refractivity contribution < 1.29 is 14.6 Å². The van der Waals surface area contributed by atoms with E-state index in [1.165, 1.54) is 0 Å². The Balaban J connectivity index is 1.54. The molecule has 1 N–H and O–H groups in total. The second kappa shape index (κ2) is 8.89. The highest BCUT2D eigenvalue weighted by molar-refractivity contribution is 5.85. The number of rotatable bonds is 8. The summed E-state index contributed by atoms with van der Waals surface area (Å²) in [6.45, 7) is 0.513. The van der Waals surface area contributed by atoms with Gasteiger partial charge in [0.2, 0.25) is 0 Å². The summed E-state index contributed by atoms with van der Waals surface area (Å²) in [5.41, 5.74) is 1.11. The largest absolute Gasteiger partial charge is 0.491 e. The highest BCUT2D eigenvalue weighted by Gasteiger charge is 2.07. The molecule has 1 heterocycles. The molecule has 0 amide bonds. The van der Waals surface area contributed by atoms with Gasteiger partial charge in [0.1, 0.15) is 24.7 Å². The van der Waals surface area contributed by atoms with E-state index in [2.05, 4.69) is 10.9 Å². The molecular formula is C22H21NO3. The van der Waals surface area contributed by atoms with Crippen molar-refractivity contribution in [3.05, 3.63) is 66.5 Å². The summed E-state index contributed by atoms with van der Waals surface area (Å²) in [7, 11) is 0. The lowest BCUT2D eigenvalue weighted by atomic mass is 10.1. The Bertz CT molecular complexity index is 887. The van der Waals surface area contributed by atoms with Crippen LogP contribution in [0.3, 0.4) is 0 Å². The quantitative estimate of drug-likeness (QED) is 0.632. The van der Waals surface area contributed by atoms with Crippen LogP contribution < -0.4 is 9.47 Å². The summed E-state index contributed by atoms with van der Waals surface area (Å²) in [5.74, 6) is 3.93. The molecule has 0 unspecified atom stereocenters. The van der Waals surface area contributed by atoms with E-state index in [-0.39, 0.29) is 13.2 Å². The fraction of sp³-hybridized carbons (Fsp3) is 0.227. The average Bonchev–Trinajstić information content (AvgIpc) is 2.69. The molecule has 3 rings (SSSR count). The second-order valence-corrected chi connectivity index (χ2v) is 6.03. The standard InChI is InChI=1S/C22H21NO3/c1-2-12-25-21-9-6-19-14-22(10-7-18(19)13-21)26-16-20(24)8-5-17-4-3-11-23-15-17/h1,3-4,6-7,9-11,13-15,20,24H,5,8,12,16H2/t20-/m1/s1. The first-order valence-electron chi connectivity index (χ1n) is 8.54. The Labute approximate surface area is 153 Å². The minimum atomic E-state index is -0.523. The molecule has 0 saturated carbocycles. The van der Waals surface area contributed by atoms with E-state index >= 15 is 0 Å². The molecule has 1 atom stereocenters. The zero-order chi connectivity index (χ0) is 18.2. The van der Waals surface area contributed by atoms with Gasteiger partial charge in [-0.3, -0.25) is 4.98 Å². The maximum Gasteiger partial charge on any atom is 0.148 e. The third kappa shape index (κ3) is 4.98. The van der Waals surface area contributed by atoms with E-state index in [1.54, 1.807) is 6.20 Å². The van der Waals surface area contributed by atoms with Crippen LogP contribution in [0.5, 0.6) is 11.5 Å². The molecule has 1 aromatic heterocycles. The summed E-state index contributed by atoms with van der Waals surface area (Å²) >= 11 is 0. The molecule has 4 nitrogen and oxygen atoms in total. The van der Waals surface area contributed by atoms with Crippen LogP contribution in [0.1, 0.15) is 12.0 Å². The first kappa shape index (κ1) is 17.8. The summed E-state index contributed by atoms with van der Waals surface area (Å²) in [6.07, 6.45) is 9.65. The van der Waals surface area contributed by atoms with Crippen molar-refractivity contribution in [3.63, 3.8) is 0 Å². The molecule has 0 saturated heterocycles. The number of fused-ring (bicyclic) bond motifs is 1. The Morgan fingerprint density at radius 3 is 2.42 bits per heavy atom. The Hall–Kier alpha value is -3.03. The van der Waals surface area contributed by atoms with Crippen LogP contribution >= 0.6 is 0 Å². The zero-order valence-electron chi connectivity index (χ0n) is 14.5. The molecule has 0 aliphatic heterocycles. The van der Waals surface area contributed by atoms with Crippen LogP contribution in [0.2, 0.25) is 0 Å². The Kier molecular flexibility index (Phi) is 6.08. The minimum absolute atomic E-state index is 0.254. The summed E-state index contributed by atoms with van der Waals surface area (Å²) in [5, 5.41) is 12.2. The van der Waals surface area contributed by atoms with Gasteiger partial charge in [-0.1, -0.05) is 24.1 Å². The predicted octanol–water partition coefficient (Wildman–Crippen LogP) is 3.62. The summed E-state index contributed by atoms with van der Waals surface area (Å²) in [6, 6.07) is 15.5. The van der Waals surface area contributed by atoms with Gasteiger partial charge in [-0.15, -0.1) is 6.42 Å². The van der Waals surface area contributed by atoms with Crippen LogP contribution in [0.4, 0.5) is 0 Å². The topological polar surface area (TPSA) is 51.6 Å². The number of terminal acetylenes is 1. The molecule has 0 fully saturated rings. The number of aromatic nitrogens is 1. The number of pyridine rings is 1. The molecular weight excluding hydrogens is 326 g/mol. The fourth-order valence-electron chi connectivity index (χ4n) is 2.66. The van der Waals surface area contributed by atoms with Gasteiger partial charge >= 0.3 is 0 Å². The van der Waals surface area contributed by atoms with Crippen molar-refractivity contribution in [1.29, 1.82) is 0 Å². The Morgan fingerprint density at radius 2 is 1.77 bits per heavy atom. The molecule has 4 heteroatoms. The molecule has 132 valence electrons. The molecule has 0 aliphatic carbocycles. The number of aryl methyl sites for hydroxylation is 1. The zero-order valence-corrected chi connectivity index (χ0v) is 14.5. The molecule has 0 aliphatic rings. The molecule has 0 radical (unpaired) electrons. The fourth-order valence-corrected chi connectivity index (χ4v) is 2.66. The molecule has 26 heavy (non-hydrogen) atoms. The monoisotopic (exact) mass is 347 g/mol. The van der Waals surface area contributed by atoms with Crippen LogP contribution in [0.15, 0.2) is 60.9 Å². The molecule has 0 bridgehead atoms. The normalized spacial score (nSPS) is 11.7. The van der Waals surface area contributed by atoms with Crippen LogP contribution in [0.25, 0.3) is 10.8 Å². The number of ether oxygens (including phenoxy) is 2. The number of hydrogen-bond donors (Lipinski definition) is 1. The number of nitrogens with zero attached hydrogens (tertiary/aromatic N) is 1. The van der Waals surface area contributed by atoms with Crippen molar-refractivity contribution >= 4 is 10.8 Å². The van der Waals surface area contributed by atoms with Gasteiger partial charge < -0.3 is 14.6 Å². The Morgan fingerprint density at radius 1 is 1.04 bits per heavy atom. The molecule has 2 aromatic carbocycles. The average molecular weight is 347 g/mol. The number of hydrogen-bond acceptors (Lipinski definition) is 4. The van der Waals surface area contributed by atoms with Gasteiger partial charge in [0, 0.05) is 12.4 Å². The van der Waals surface area contributed by atoms with Crippen molar-refractivity contribution in [1.82, 2.24) is 4.98 Å². The van der Waals surface area contributed by atoms with E-state index in [4.69, 9.17) is 15.9 Å². The summed E-state index contributed by atoms with van der Waals surface area (Å²) in [4.78, 5) is 4.08. The lowest BCUT2D eigenvalue weighted by Crippen LogP contribution is -2.18. The first-order valence-corrected chi connectivity index (χ1v) is 8.54. The van der Waals surface area contributed by atoms with E-state index in [0.29, 0.717) is 6.42 Å². The number of benzene rings is 2. The minimum Gasteiger partial charge on any atom is -0.491 e. The van der Waals surface area contributed by atoms with Crippen LogP contribution in [0, 0.1) is 12.3 Å². The van der Waals surface area contributed by atoms with Crippen LogP contribution in [-0.4, -0.2) is 29.4 Å². The predicted molar refractivity (Wildman–Crippen MR) is 102 cm³/mol. The van der Waals surface area contributed by atoms with E-state index in [9.17, 15) is 5.11 Å². The smallest absolute Gasteiger partial charge is 0.148 e. The van der Waals surface area contributed by atoms with Gasteiger partial charge in [0.15, 0.2) is 0 Å². The molecule has 3 aromatic rings. The maximum absolute atomic E-state index is 10.1. The third-order valence-electron chi connectivity index (χ3n) is 4.04.